The van der Waals surface area contributed by atoms with Gasteiger partial charge in [0.1, 0.15) is 6.61 Å². The number of rotatable bonds is 7. The van der Waals surface area contributed by atoms with Gasteiger partial charge in [0.15, 0.2) is 5.75 Å². The Morgan fingerprint density at radius 3 is 2.89 bits per heavy atom. The molecule has 0 unspecified atom stereocenters. The second kappa shape index (κ2) is 6.98. The summed E-state index contributed by atoms with van der Waals surface area (Å²) in [5.41, 5.74) is 0.839. The van der Waals surface area contributed by atoms with E-state index in [2.05, 4.69) is 11.9 Å². The van der Waals surface area contributed by atoms with Crippen molar-refractivity contribution in [1.29, 1.82) is 0 Å². The largest absolute Gasteiger partial charge is 0.481 e. The third-order valence-corrected chi connectivity index (χ3v) is 2.29. The van der Waals surface area contributed by atoms with E-state index in [0.717, 1.165) is 12.1 Å². The van der Waals surface area contributed by atoms with Crippen LogP contribution in [0.15, 0.2) is 29.8 Å². The highest BCUT2D eigenvalue weighted by Crippen LogP contribution is 2.28. The van der Waals surface area contributed by atoms with E-state index in [0.29, 0.717) is 11.6 Å². The third kappa shape index (κ3) is 4.35. The molecule has 18 heavy (non-hydrogen) atoms. The zero-order valence-electron chi connectivity index (χ0n) is 10.1. The molecule has 5 nitrogen and oxygen atoms in total. The Kier molecular flexibility index (Phi) is 5.61. The molecular weight excluding hydrogens is 256 g/mol. The molecule has 0 aliphatic rings. The molecule has 1 aromatic rings. The molecule has 0 amide bonds. The van der Waals surface area contributed by atoms with Crippen LogP contribution in [0.4, 0.5) is 5.69 Å². The highest BCUT2D eigenvalue weighted by Gasteiger charge is 2.15. The van der Waals surface area contributed by atoms with E-state index in [-0.39, 0.29) is 18.0 Å². The molecule has 0 bridgehead atoms. The lowest BCUT2D eigenvalue weighted by atomic mass is 10.2. The fraction of sp³-hybridized carbons (Fsp3) is 0.333. The fourth-order valence-electron chi connectivity index (χ4n) is 1.36. The zero-order chi connectivity index (χ0) is 13.5. The maximum absolute atomic E-state index is 10.8. The first-order chi connectivity index (χ1) is 8.54. The van der Waals surface area contributed by atoms with Crippen LogP contribution in [-0.2, 0) is 6.54 Å². The second-order valence-electron chi connectivity index (χ2n) is 3.65. The molecule has 98 valence electrons. The molecule has 0 spiro atoms. The average Bonchev–Trinajstić information content (AvgIpc) is 2.33. The van der Waals surface area contributed by atoms with Crippen LogP contribution in [0, 0.1) is 10.1 Å². The predicted molar refractivity (Wildman–Crippen MR) is 71.0 cm³/mol. The number of nitrogens with one attached hydrogen (secondary N) is 1. The molecular formula is C12H15ClN2O3. The fourth-order valence-corrected chi connectivity index (χ4v) is 1.41. The molecule has 0 aromatic heterocycles. The van der Waals surface area contributed by atoms with Gasteiger partial charge in [0.2, 0.25) is 0 Å². The Balaban J connectivity index is 2.92. The van der Waals surface area contributed by atoms with E-state index < -0.39 is 4.92 Å². The number of nitro benzene ring substituents is 1. The molecule has 0 aliphatic carbocycles. The number of nitro groups is 1. The molecule has 0 fully saturated rings. The summed E-state index contributed by atoms with van der Waals surface area (Å²) >= 11 is 5.58. The van der Waals surface area contributed by atoms with E-state index >= 15 is 0 Å². The Morgan fingerprint density at radius 2 is 2.33 bits per heavy atom. The maximum Gasteiger partial charge on any atom is 0.310 e. The minimum absolute atomic E-state index is 0.0487. The van der Waals surface area contributed by atoms with E-state index in [9.17, 15) is 10.1 Å². The first kappa shape index (κ1) is 14.5. The van der Waals surface area contributed by atoms with Gasteiger partial charge in [-0.1, -0.05) is 31.2 Å². The summed E-state index contributed by atoms with van der Waals surface area (Å²) in [6.45, 7) is 6.97. The van der Waals surface area contributed by atoms with Gasteiger partial charge in [0.05, 0.1) is 4.92 Å². The van der Waals surface area contributed by atoms with Crippen molar-refractivity contribution in [3.05, 3.63) is 45.5 Å². The maximum atomic E-state index is 10.8. The predicted octanol–water partition coefficient (Wildman–Crippen LogP) is 2.84. The molecule has 0 aliphatic heterocycles. The van der Waals surface area contributed by atoms with Crippen LogP contribution in [0.25, 0.3) is 0 Å². The van der Waals surface area contributed by atoms with Crippen LogP contribution in [0.2, 0.25) is 0 Å². The Hall–Kier alpha value is -1.59. The van der Waals surface area contributed by atoms with Crippen molar-refractivity contribution in [3.63, 3.8) is 0 Å². The van der Waals surface area contributed by atoms with Crippen molar-refractivity contribution >= 4 is 17.3 Å². The number of halogens is 1. The van der Waals surface area contributed by atoms with Crippen molar-refractivity contribution in [2.24, 2.45) is 0 Å². The van der Waals surface area contributed by atoms with Crippen LogP contribution in [0.1, 0.15) is 12.5 Å². The molecule has 0 saturated carbocycles. The first-order valence-corrected chi connectivity index (χ1v) is 5.86. The second-order valence-corrected chi connectivity index (χ2v) is 4.18. The van der Waals surface area contributed by atoms with Gasteiger partial charge >= 0.3 is 5.69 Å². The number of hydrogen-bond donors (Lipinski definition) is 1. The van der Waals surface area contributed by atoms with Crippen LogP contribution >= 0.6 is 11.6 Å². The molecule has 1 rings (SSSR count). The van der Waals surface area contributed by atoms with Gasteiger partial charge in [0, 0.05) is 17.6 Å². The summed E-state index contributed by atoms with van der Waals surface area (Å²) in [5, 5.41) is 14.3. The van der Waals surface area contributed by atoms with Crippen molar-refractivity contribution < 1.29 is 9.66 Å². The Bertz CT molecular complexity index is 449. The zero-order valence-corrected chi connectivity index (χ0v) is 10.9. The third-order valence-electron chi connectivity index (χ3n) is 2.18. The van der Waals surface area contributed by atoms with Crippen molar-refractivity contribution in [2.75, 3.05) is 13.2 Å². The minimum Gasteiger partial charge on any atom is -0.481 e. The summed E-state index contributed by atoms with van der Waals surface area (Å²) in [6, 6.07) is 4.77. The number of benzene rings is 1. The van der Waals surface area contributed by atoms with E-state index in [1.807, 2.05) is 6.92 Å². The van der Waals surface area contributed by atoms with Crippen molar-refractivity contribution in [2.45, 2.75) is 13.5 Å². The topological polar surface area (TPSA) is 64.4 Å². The van der Waals surface area contributed by atoms with Crippen LogP contribution in [-0.4, -0.2) is 18.1 Å². The molecule has 0 atom stereocenters. The van der Waals surface area contributed by atoms with Crippen LogP contribution < -0.4 is 10.1 Å². The Labute approximate surface area is 111 Å². The quantitative estimate of drug-likeness (QED) is 0.611. The highest BCUT2D eigenvalue weighted by molar-refractivity contribution is 6.29. The average molecular weight is 271 g/mol. The summed E-state index contributed by atoms with van der Waals surface area (Å²) in [7, 11) is 0. The molecule has 0 saturated heterocycles. The lowest BCUT2D eigenvalue weighted by Crippen LogP contribution is -2.12. The van der Waals surface area contributed by atoms with Crippen LogP contribution in [0.3, 0.4) is 0 Å². The summed E-state index contributed by atoms with van der Waals surface area (Å²) in [6.07, 6.45) is 0. The summed E-state index contributed by atoms with van der Waals surface area (Å²) in [5.74, 6) is 0.206. The van der Waals surface area contributed by atoms with Gasteiger partial charge in [-0.3, -0.25) is 10.1 Å². The van der Waals surface area contributed by atoms with Gasteiger partial charge in [0.25, 0.3) is 0 Å². The van der Waals surface area contributed by atoms with Crippen molar-refractivity contribution in [3.8, 4) is 5.75 Å². The summed E-state index contributed by atoms with van der Waals surface area (Å²) < 4.78 is 5.28. The van der Waals surface area contributed by atoms with E-state index in [4.69, 9.17) is 16.3 Å². The van der Waals surface area contributed by atoms with E-state index in [1.165, 1.54) is 6.07 Å². The minimum atomic E-state index is -0.483. The highest BCUT2D eigenvalue weighted by atomic mass is 35.5. The normalized spacial score (nSPS) is 10.1. The van der Waals surface area contributed by atoms with Gasteiger partial charge in [-0.2, -0.15) is 0 Å². The molecule has 1 N–H and O–H groups in total. The molecule has 0 radical (unpaired) electrons. The molecule has 0 heterocycles. The van der Waals surface area contributed by atoms with Gasteiger partial charge in [-0.05, 0) is 18.2 Å². The van der Waals surface area contributed by atoms with E-state index in [1.54, 1.807) is 12.1 Å². The Morgan fingerprint density at radius 1 is 1.61 bits per heavy atom. The number of nitrogens with zero attached hydrogens (tertiary/aromatic N) is 1. The van der Waals surface area contributed by atoms with Crippen molar-refractivity contribution in [1.82, 2.24) is 5.32 Å². The van der Waals surface area contributed by atoms with Gasteiger partial charge in [-0.15, -0.1) is 0 Å². The van der Waals surface area contributed by atoms with Gasteiger partial charge in [-0.25, -0.2) is 0 Å². The molecule has 6 heteroatoms. The SMILES string of the molecule is C=C(Cl)COc1cc(CNCC)ccc1[N+](=O)[O-]. The monoisotopic (exact) mass is 270 g/mol. The lowest BCUT2D eigenvalue weighted by molar-refractivity contribution is -0.385. The van der Waals surface area contributed by atoms with Crippen LogP contribution in [0.5, 0.6) is 5.75 Å². The number of hydrogen-bond acceptors (Lipinski definition) is 4. The number of ether oxygens (including phenoxy) is 1. The first-order valence-electron chi connectivity index (χ1n) is 5.48. The molecule has 1 aromatic carbocycles. The summed E-state index contributed by atoms with van der Waals surface area (Å²) in [4.78, 5) is 10.4. The smallest absolute Gasteiger partial charge is 0.310 e. The lowest BCUT2D eigenvalue weighted by Gasteiger charge is -2.08. The standard InChI is InChI=1S/C12H15ClN2O3/c1-3-14-7-10-4-5-11(15(16)17)12(6-10)18-8-9(2)13/h4-6,14H,2-3,7-8H2,1H3. The van der Waals surface area contributed by atoms with Gasteiger partial charge < -0.3 is 10.1 Å².